The molecule has 2 nitrogen and oxygen atoms in total. The van der Waals surface area contributed by atoms with Gasteiger partial charge >= 0.3 is 5.97 Å². The van der Waals surface area contributed by atoms with E-state index >= 15 is 0 Å². The lowest BCUT2D eigenvalue weighted by Crippen LogP contribution is -2.18. The van der Waals surface area contributed by atoms with Crippen molar-refractivity contribution >= 4 is 5.97 Å². The van der Waals surface area contributed by atoms with Gasteiger partial charge in [-0.05, 0) is 26.2 Å². The van der Waals surface area contributed by atoms with Crippen LogP contribution >= 0.6 is 0 Å². The number of esters is 1. The summed E-state index contributed by atoms with van der Waals surface area (Å²) in [7, 11) is 0. The van der Waals surface area contributed by atoms with Crippen LogP contribution in [0.4, 0.5) is 0 Å². The number of unbranched alkanes of at least 4 members (excludes halogenated alkanes) is 1. The van der Waals surface area contributed by atoms with Gasteiger partial charge in [0, 0.05) is 6.42 Å². The van der Waals surface area contributed by atoms with Gasteiger partial charge < -0.3 is 4.74 Å². The van der Waals surface area contributed by atoms with E-state index in [-0.39, 0.29) is 11.9 Å². The van der Waals surface area contributed by atoms with Crippen molar-refractivity contribution in [2.24, 2.45) is 5.92 Å². The highest BCUT2D eigenvalue weighted by Gasteiger charge is 2.17. The zero-order valence-electron chi connectivity index (χ0n) is 10.8. The quantitative estimate of drug-likeness (QED) is 0.358. The summed E-state index contributed by atoms with van der Waals surface area (Å²) in [4.78, 5) is 11.7. The van der Waals surface area contributed by atoms with E-state index in [9.17, 15) is 4.79 Å². The highest BCUT2D eigenvalue weighted by Crippen LogP contribution is 2.15. The van der Waals surface area contributed by atoms with E-state index in [1.54, 1.807) is 0 Å². The smallest absolute Gasteiger partial charge is 0.308 e. The van der Waals surface area contributed by atoms with E-state index in [0.29, 0.717) is 6.61 Å². The normalized spacial score (nSPS) is 9.75. The zero-order chi connectivity index (χ0) is 12.2. The van der Waals surface area contributed by atoms with Crippen molar-refractivity contribution in [3.05, 3.63) is 0 Å². The van der Waals surface area contributed by atoms with Crippen molar-refractivity contribution in [1.29, 1.82) is 0 Å². The van der Waals surface area contributed by atoms with E-state index in [0.717, 1.165) is 38.5 Å². The van der Waals surface area contributed by atoms with Gasteiger partial charge in [0.25, 0.3) is 0 Å². The lowest BCUT2D eigenvalue weighted by Gasteiger charge is -2.13. The Bertz CT molecular complexity index is 229. The Morgan fingerprint density at radius 1 is 1.25 bits per heavy atom. The maximum absolute atomic E-state index is 11.7. The summed E-state index contributed by atoms with van der Waals surface area (Å²) in [6, 6.07) is 0. The average Bonchev–Trinajstić information content (AvgIpc) is 2.28. The molecule has 0 N–H and O–H groups in total. The van der Waals surface area contributed by atoms with E-state index in [4.69, 9.17) is 4.74 Å². The van der Waals surface area contributed by atoms with Crippen LogP contribution in [0.5, 0.6) is 0 Å². The number of rotatable bonds is 8. The molecular weight excluding hydrogens is 200 g/mol. The summed E-state index contributed by atoms with van der Waals surface area (Å²) in [6.45, 7) is 6.54. The summed E-state index contributed by atoms with van der Waals surface area (Å²) in [6.07, 6.45) is 5.64. The molecule has 0 rings (SSSR count). The molecule has 0 radical (unpaired) electrons. The number of hydrogen-bond donors (Lipinski definition) is 0. The lowest BCUT2D eigenvalue weighted by molar-refractivity contribution is -0.149. The van der Waals surface area contributed by atoms with Gasteiger partial charge in [0.15, 0.2) is 0 Å². The first-order valence-corrected chi connectivity index (χ1v) is 6.32. The molecule has 0 saturated heterocycles. The standard InChI is InChI=1S/C14H24O2/c1-4-7-8-9-12-16-14(15)13(10-5-2)11-6-3/h13H,5-6,8-12H2,1-3H3. The Morgan fingerprint density at radius 3 is 2.38 bits per heavy atom. The summed E-state index contributed by atoms with van der Waals surface area (Å²) in [5.41, 5.74) is 0. The second kappa shape index (κ2) is 10.5. The summed E-state index contributed by atoms with van der Waals surface area (Å²) < 4.78 is 5.25. The van der Waals surface area contributed by atoms with Crippen LogP contribution in [0, 0.1) is 17.8 Å². The van der Waals surface area contributed by atoms with Crippen LogP contribution in [0.3, 0.4) is 0 Å². The van der Waals surface area contributed by atoms with E-state index in [1.165, 1.54) is 0 Å². The highest BCUT2D eigenvalue weighted by molar-refractivity contribution is 5.72. The van der Waals surface area contributed by atoms with Crippen LogP contribution in [0.1, 0.15) is 59.3 Å². The van der Waals surface area contributed by atoms with Gasteiger partial charge in [0.2, 0.25) is 0 Å². The molecule has 16 heavy (non-hydrogen) atoms. The molecular formula is C14H24O2. The number of carbonyl (C=O) groups is 1. The van der Waals surface area contributed by atoms with Gasteiger partial charge in [-0.1, -0.05) is 26.7 Å². The molecule has 0 heterocycles. The van der Waals surface area contributed by atoms with Crippen LogP contribution < -0.4 is 0 Å². The Kier molecular flexibility index (Phi) is 9.91. The van der Waals surface area contributed by atoms with Gasteiger partial charge in [-0.3, -0.25) is 4.79 Å². The van der Waals surface area contributed by atoms with Crippen molar-refractivity contribution < 1.29 is 9.53 Å². The van der Waals surface area contributed by atoms with Crippen LogP contribution in [-0.2, 0) is 9.53 Å². The maximum Gasteiger partial charge on any atom is 0.308 e. The Hall–Kier alpha value is -0.970. The third-order valence-electron chi connectivity index (χ3n) is 2.47. The fourth-order valence-corrected chi connectivity index (χ4v) is 1.65. The second-order valence-corrected chi connectivity index (χ2v) is 3.97. The van der Waals surface area contributed by atoms with Crippen molar-refractivity contribution in [3.8, 4) is 11.8 Å². The minimum atomic E-state index is -0.0202. The third kappa shape index (κ3) is 7.34. The van der Waals surface area contributed by atoms with Crippen LogP contribution in [0.2, 0.25) is 0 Å². The zero-order valence-corrected chi connectivity index (χ0v) is 10.8. The van der Waals surface area contributed by atoms with E-state index < -0.39 is 0 Å². The molecule has 0 aromatic heterocycles. The first-order valence-electron chi connectivity index (χ1n) is 6.32. The molecule has 0 atom stereocenters. The first-order chi connectivity index (χ1) is 7.76. The molecule has 2 heteroatoms. The molecule has 0 amide bonds. The van der Waals surface area contributed by atoms with Crippen molar-refractivity contribution in [1.82, 2.24) is 0 Å². The predicted octanol–water partition coefficient (Wildman–Crippen LogP) is 3.55. The second-order valence-electron chi connectivity index (χ2n) is 3.97. The number of carbonyl (C=O) groups excluding carboxylic acids is 1. The number of hydrogen-bond acceptors (Lipinski definition) is 2. The van der Waals surface area contributed by atoms with E-state index in [1.807, 2.05) is 6.92 Å². The van der Waals surface area contributed by atoms with Crippen LogP contribution in [-0.4, -0.2) is 12.6 Å². The predicted molar refractivity (Wildman–Crippen MR) is 66.9 cm³/mol. The molecule has 0 unspecified atom stereocenters. The summed E-state index contributed by atoms with van der Waals surface area (Å²) in [5, 5.41) is 0. The van der Waals surface area contributed by atoms with Gasteiger partial charge in [0.1, 0.15) is 0 Å². The minimum absolute atomic E-state index is 0.0202. The van der Waals surface area contributed by atoms with Gasteiger partial charge in [-0.15, -0.1) is 11.8 Å². The summed E-state index contributed by atoms with van der Waals surface area (Å²) in [5.74, 6) is 5.87. The number of ether oxygens (including phenoxy) is 1. The molecule has 92 valence electrons. The van der Waals surface area contributed by atoms with Crippen LogP contribution in [0.15, 0.2) is 0 Å². The van der Waals surface area contributed by atoms with Gasteiger partial charge in [0.05, 0.1) is 12.5 Å². The van der Waals surface area contributed by atoms with Crippen molar-refractivity contribution in [2.75, 3.05) is 6.61 Å². The molecule has 0 aliphatic heterocycles. The molecule has 0 saturated carbocycles. The first kappa shape index (κ1) is 15.0. The highest BCUT2D eigenvalue weighted by atomic mass is 16.5. The molecule has 0 aliphatic carbocycles. The monoisotopic (exact) mass is 224 g/mol. The van der Waals surface area contributed by atoms with E-state index in [2.05, 4.69) is 25.7 Å². The van der Waals surface area contributed by atoms with Gasteiger partial charge in [-0.25, -0.2) is 0 Å². The topological polar surface area (TPSA) is 26.3 Å². The Morgan fingerprint density at radius 2 is 1.88 bits per heavy atom. The SMILES string of the molecule is CC#CCCCOC(=O)C(CCC)CCC. The van der Waals surface area contributed by atoms with Gasteiger partial charge in [-0.2, -0.15) is 0 Å². The Balaban J connectivity index is 3.75. The average molecular weight is 224 g/mol. The van der Waals surface area contributed by atoms with Crippen LogP contribution in [0.25, 0.3) is 0 Å². The lowest BCUT2D eigenvalue weighted by atomic mass is 9.99. The Labute approximate surface area is 99.8 Å². The largest absolute Gasteiger partial charge is 0.465 e. The maximum atomic E-state index is 11.7. The third-order valence-corrected chi connectivity index (χ3v) is 2.47. The molecule has 0 aromatic carbocycles. The fraction of sp³-hybridized carbons (Fsp3) is 0.786. The van der Waals surface area contributed by atoms with Crippen molar-refractivity contribution in [2.45, 2.75) is 59.3 Å². The molecule has 0 aromatic rings. The molecule has 0 fully saturated rings. The minimum Gasteiger partial charge on any atom is -0.465 e. The molecule has 0 aliphatic rings. The fourth-order valence-electron chi connectivity index (χ4n) is 1.65. The van der Waals surface area contributed by atoms with Crippen molar-refractivity contribution in [3.63, 3.8) is 0 Å². The summed E-state index contributed by atoms with van der Waals surface area (Å²) >= 11 is 0. The molecule has 0 bridgehead atoms. The molecule has 0 spiro atoms.